The van der Waals surface area contributed by atoms with Crippen molar-refractivity contribution in [1.29, 1.82) is 0 Å². The third-order valence-corrected chi connectivity index (χ3v) is 3.49. The largest absolute Gasteiger partial charge is 0.491 e. The quantitative estimate of drug-likeness (QED) is 0.785. The van der Waals surface area contributed by atoms with Crippen molar-refractivity contribution in [2.24, 2.45) is 0 Å². The highest BCUT2D eigenvalue weighted by molar-refractivity contribution is 6.29. The van der Waals surface area contributed by atoms with E-state index in [1.54, 1.807) is 24.9 Å². The number of hydrogen-bond acceptors (Lipinski definition) is 5. The van der Waals surface area contributed by atoms with Crippen molar-refractivity contribution in [2.45, 2.75) is 19.2 Å². The molecule has 0 bridgehead atoms. The zero-order chi connectivity index (χ0) is 18.6. The molecular weight excluding hydrogens is 359 g/mol. The summed E-state index contributed by atoms with van der Waals surface area (Å²) in [5, 5.41) is 10.3. The first-order valence-electron chi connectivity index (χ1n) is 7.35. The Bertz CT molecular complexity index is 691. The molecule has 2 aromatic rings. The second kappa shape index (κ2) is 7.88. The van der Waals surface area contributed by atoms with Gasteiger partial charge in [0.1, 0.15) is 35.3 Å². The number of halogens is 4. The van der Waals surface area contributed by atoms with Crippen molar-refractivity contribution in [2.75, 3.05) is 25.1 Å². The summed E-state index contributed by atoms with van der Waals surface area (Å²) in [6.45, 7) is 1.83. The average molecular weight is 376 g/mol. The number of aromatic nitrogens is 2. The summed E-state index contributed by atoms with van der Waals surface area (Å²) in [5.74, 6) is 1.30. The van der Waals surface area contributed by atoms with Crippen LogP contribution in [0.25, 0.3) is 0 Å². The second-order valence-electron chi connectivity index (χ2n) is 5.46. The smallest absolute Gasteiger partial charge is 0.416 e. The van der Waals surface area contributed by atoms with E-state index >= 15 is 0 Å². The molecular formula is C16H17ClF3N3O2. The summed E-state index contributed by atoms with van der Waals surface area (Å²) >= 11 is 5.87. The molecule has 0 aliphatic heterocycles. The molecule has 9 heteroatoms. The molecule has 0 saturated heterocycles. The van der Waals surface area contributed by atoms with E-state index in [2.05, 4.69) is 9.97 Å². The number of benzene rings is 1. The molecule has 0 aliphatic rings. The van der Waals surface area contributed by atoms with Crippen molar-refractivity contribution >= 4 is 17.4 Å². The van der Waals surface area contributed by atoms with E-state index in [4.69, 9.17) is 16.3 Å². The molecule has 2 rings (SSSR count). The van der Waals surface area contributed by atoms with E-state index in [1.807, 2.05) is 0 Å². The molecule has 25 heavy (non-hydrogen) atoms. The Balaban J connectivity index is 1.88. The monoisotopic (exact) mass is 375 g/mol. The van der Waals surface area contributed by atoms with E-state index in [0.29, 0.717) is 16.8 Å². The second-order valence-corrected chi connectivity index (χ2v) is 5.85. The highest BCUT2D eigenvalue weighted by atomic mass is 35.5. The fraction of sp³-hybridized carbons (Fsp3) is 0.375. The number of hydrogen-bond donors (Lipinski definition) is 1. The predicted octanol–water partition coefficient (Wildman–Crippen LogP) is 3.33. The number of aliphatic hydroxyl groups is 1. The van der Waals surface area contributed by atoms with Crippen molar-refractivity contribution in [1.82, 2.24) is 9.97 Å². The molecule has 0 aliphatic carbocycles. The topological polar surface area (TPSA) is 58.5 Å². The molecule has 0 spiro atoms. The predicted molar refractivity (Wildman–Crippen MR) is 88.0 cm³/mol. The van der Waals surface area contributed by atoms with Gasteiger partial charge in [0.15, 0.2) is 0 Å². The van der Waals surface area contributed by atoms with Crippen LogP contribution in [-0.4, -0.2) is 41.4 Å². The normalized spacial score (nSPS) is 12.8. The van der Waals surface area contributed by atoms with Gasteiger partial charge in [-0.1, -0.05) is 11.6 Å². The summed E-state index contributed by atoms with van der Waals surface area (Å²) in [6.07, 6.45) is -5.26. The number of rotatable bonds is 6. The van der Waals surface area contributed by atoms with Gasteiger partial charge in [-0.05, 0) is 31.2 Å². The van der Waals surface area contributed by atoms with Gasteiger partial charge >= 0.3 is 6.18 Å². The SMILES string of the molecule is Cc1nc(Cl)cc(N(C)C[C@H](O)COc2ccc(C(F)(F)F)cc2)n1. The highest BCUT2D eigenvalue weighted by Crippen LogP contribution is 2.30. The molecule has 0 radical (unpaired) electrons. The number of likely N-dealkylation sites (N-methyl/N-ethyl adjacent to an activating group) is 1. The van der Waals surface area contributed by atoms with Crippen LogP contribution >= 0.6 is 11.6 Å². The number of aryl methyl sites for hydroxylation is 1. The maximum atomic E-state index is 12.5. The number of alkyl halides is 3. The van der Waals surface area contributed by atoms with Crippen molar-refractivity contribution in [3.05, 3.63) is 46.9 Å². The Hall–Kier alpha value is -2.06. The Morgan fingerprint density at radius 1 is 1.24 bits per heavy atom. The third kappa shape index (κ3) is 5.75. The van der Waals surface area contributed by atoms with Gasteiger partial charge in [0, 0.05) is 19.7 Å². The Morgan fingerprint density at radius 3 is 2.44 bits per heavy atom. The molecule has 5 nitrogen and oxygen atoms in total. The lowest BCUT2D eigenvalue weighted by molar-refractivity contribution is -0.137. The molecule has 1 atom stereocenters. The Labute approximate surface area is 148 Å². The number of anilines is 1. The van der Waals surface area contributed by atoms with E-state index in [1.165, 1.54) is 12.1 Å². The maximum Gasteiger partial charge on any atom is 0.416 e. The molecule has 1 N–H and O–H groups in total. The number of ether oxygens (including phenoxy) is 1. The summed E-state index contributed by atoms with van der Waals surface area (Å²) < 4.78 is 42.8. The fourth-order valence-corrected chi connectivity index (χ4v) is 2.33. The zero-order valence-electron chi connectivity index (χ0n) is 13.6. The lowest BCUT2D eigenvalue weighted by atomic mass is 10.2. The fourth-order valence-electron chi connectivity index (χ4n) is 2.11. The Morgan fingerprint density at radius 2 is 1.88 bits per heavy atom. The van der Waals surface area contributed by atoms with Crippen LogP contribution in [-0.2, 0) is 6.18 Å². The van der Waals surface area contributed by atoms with Gasteiger partial charge in [-0.15, -0.1) is 0 Å². The van der Waals surface area contributed by atoms with E-state index in [9.17, 15) is 18.3 Å². The van der Waals surface area contributed by atoms with Crippen LogP contribution in [0.2, 0.25) is 5.15 Å². The molecule has 0 unspecified atom stereocenters. The standard InChI is InChI=1S/C16H17ClF3N3O2/c1-10-21-14(17)7-15(22-10)23(2)8-12(24)9-25-13-5-3-11(4-6-13)16(18,19)20/h3-7,12,24H,8-9H2,1-2H3/t12-/m0/s1. The van der Waals surface area contributed by atoms with Gasteiger partial charge in [-0.2, -0.15) is 13.2 Å². The van der Waals surface area contributed by atoms with Gasteiger partial charge in [-0.25, -0.2) is 9.97 Å². The summed E-state index contributed by atoms with van der Waals surface area (Å²) in [6, 6.07) is 5.86. The van der Waals surface area contributed by atoms with Crippen LogP contribution in [0.5, 0.6) is 5.75 Å². The van der Waals surface area contributed by atoms with E-state index in [-0.39, 0.29) is 18.9 Å². The van der Waals surface area contributed by atoms with Crippen LogP contribution < -0.4 is 9.64 Å². The minimum Gasteiger partial charge on any atom is -0.491 e. The molecule has 1 heterocycles. The molecule has 0 saturated carbocycles. The van der Waals surface area contributed by atoms with E-state index < -0.39 is 17.8 Å². The first-order chi connectivity index (χ1) is 11.6. The van der Waals surface area contributed by atoms with Crippen LogP contribution in [0.15, 0.2) is 30.3 Å². The van der Waals surface area contributed by atoms with Crippen LogP contribution in [0.4, 0.5) is 19.0 Å². The minimum atomic E-state index is -4.39. The van der Waals surface area contributed by atoms with Crippen LogP contribution in [0.3, 0.4) is 0 Å². The summed E-state index contributed by atoms with van der Waals surface area (Å²) in [5.41, 5.74) is -0.754. The lowest BCUT2D eigenvalue weighted by Crippen LogP contribution is -2.33. The number of nitrogens with zero attached hydrogens (tertiary/aromatic N) is 3. The third-order valence-electron chi connectivity index (χ3n) is 3.29. The minimum absolute atomic E-state index is 0.0759. The van der Waals surface area contributed by atoms with Gasteiger partial charge < -0.3 is 14.7 Å². The van der Waals surface area contributed by atoms with Crippen LogP contribution in [0.1, 0.15) is 11.4 Å². The molecule has 0 fully saturated rings. The molecule has 1 aromatic carbocycles. The van der Waals surface area contributed by atoms with Crippen molar-refractivity contribution in [3.8, 4) is 5.75 Å². The lowest BCUT2D eigenvalue weighted by Gasteiger charge is -2.22. The maximum absolute atomic E-state index is 12.5. The Kier molecular flexibility index (Phi) is 6.07. The first kappa shape index (κ1) is 19.3. The summed E-state index contributed by atoms with van der Waals surface area (Å²) in [7, 11) is 1.72. The van der Waals surface area contributed by atoms with Gasteiger partial charge in [0.05, 0.1) is 5.56 Å². The highest BCUT2D eigenvalue weighted by Gasteiger charge is 2.30. The molecule has 1 aromatic heterocycles. The van der Waals surface area contributed by atoms with Crippen LogP contribution in [0, 0.1) is 6.92 Å². The van der Waals surface area contributed by atoms with Crippen molar-refractivity contribution < 1.29 is 23.0 Å². The van der Waals surface area contributed by atoms with Gasteiger partial charge in [-0.3, -0.25) is 0 Å². The van der Waals surface area contributed by atoms with E-state index in [0.717, 1.165) is 12.1 Å². The number of aliphatic hydroxyl groups excluding tert-OH is 1. The molecule has 0 amide bonds. The zero-order valence-corrected chi connectivity index (χ0v) is 14.3. The summed E-state index contributed by atoms with van der Waals surface area (Å²) in [4.78, 5) is 9.85. The van der Waals surface area contributed by atoms with Gasteiger partial charge in [0.25, 0.3) is 0 Å². The first-order valence-corrected chi connectivity index (χ1v) is 7.73. The molecule has 136 valence electrons. The van der Waals surface area contributed by atoms with Gasteiger partial charge in [0.2, 0.25) is 0 Å². The van der Waals surface area contributed by atoms with Crippen molar-refractivity contribution in [3.63, 3.8) is 0 Å². The average Bonchev–Trinajstić information content (AvgIpc) is 2.51.